The van der Waals surface area contributed by atoms with Crippen LogP contribution in [-0.2, 0) is 32.4 Å². The van der Waals surface area contributed by atoms with E-state index in [0.717, 1.165) is 17.9 Å². The summed E-state index contributed by atoms with van der Waals surface area (Å²) in [5.74, 6) is 2.03. The molecule has 0 saturated heterocycles. The first-order valence-electron chi connectivity index (χ1n) is 7.68. The average Bonchev–Trinajstić information content (AvgIpc) is 3.03. The summed E-state index contributed by atoms with van der Waals surface area (Å²) in [7, 11) is 0.188. The summed E-state index contributed by atoms with van der Waals surface area (Å²) >= 11 is -0.760. The van der Waals surface area contributed by atoms with Crippen molar-refractivity contribution >= 4 is 14.4 Å². The molecule has 0 spiro atoms. The fourth-order valence-electron chi connectivity index (χ4n) is 2.86. The zero-order valence-corrected chi connectivity index (χ0v) is 19.4. The molecule has 1 aromatic rings. The van der Waals surface area contributed by atoms with Gasteiger partial charge in [0.25, 0.3) is 0 Å². The van der Waals surface area contributed by atoms with E-state index in [0.29, 0.717) is 3.63 Å². The quantitative estimate of drug-likeness (QED) is 0.517. The number of benzene rings is 1. The molecule has 24 heavy (non-hydrogen) atoms. The monoisotopic (exact) mass is 458 g/mol. The van der Waals surface area contributed by atoms with Gasteiger partial charge >= 0.3 is 146 Å². The first-order valence-corrected chi connectivity index (χ1v) is 13.7. The van der Waals surface area contributed by atoms with Crippen LogP contribution in [0.4, 0.5) is 0 Å². The first kappa shape index (κ1) is 21.8. The Morgan fingerprint density at radius 1 is 1.12 bits per heavy atom. The predicted molar refractivity (Wildman–Crippen MR) is 89.4 cm³/mol. The van der Waals surface area contributed by atoms with Crippen LogP contribution in [0.3, 0.4) is 0 Å². The first-order chi connectivity index (χ1) is 10.5. The minimum atomic E-state index is -1.59. The third-order valence-corrected chi connectivity index (χ3v) is 8.49. The van der Waals surface area contributed by atoms with Gasteiger partial charge in [-0.15, -0.1) is 0 Å². The molecule has 0 aliphatic heterocycles. The zero-order chi connectivity index (χ0) is 15.7. The van der Waals surface area contributed by atoms with Crippen molar-refractivity contribution in [3.05, 3.63) is 62.3 Å². The molecule has 0 heterocycles. The van der Waals surface area contributed by atoms with Gasteiger partial charge in [0.05, 0.1) is 0 Å². The molecule has 0 bridgehead atoms. The molecule has 2 aliphatic carbocycles. The Labute approximate surface area is 169 Å². The molecule has 128 valence electrons. The molecule has 0 saturated carbocycles. The van der Waals surface area contributed by atoms with E-state index in [1.165, 1.54) is 14.4 Å². The molecular weight excluding hydrogens is 438 g/mol. The molecule has 2 aliphatic rings. The van der Waals surface area contributed by atoms with Gasteiger partial charge in [0, 0.05) is 0 Å². The average molecular weight is 461 g/mol. The second kappa shape index (κ2) is 8.89. The smallest absolute Gasteiger partial charge is 1.00 e. The summed E-state index contributed by atoms with van der Waals surface area (Å²) in [6.45, 7) is 6.65. The van der Waals surface area contributed by atoms with E-state index >= 15 is 0 Å². The van der Waals surface area contributed by atoms with Gasteiger partial charge in [-0.25, -0.2) is 0 Å². The molecular formula is C18H22Cl2O2SiZr. The summed E-state index contributed by atoms with van der Waals surface area (Å²) in [5, 5.41) is 0. The molecule has 0 N–H and O–H groups in total. The molecule has 0 radical (unpaired) electrons. The number of methoxy groups -OCH3 is 1. The Bertz CT molecular complexity index is 678. The van der Waals surface area contributed by atoms with Crippen LogP contribution in [0.5, 0.6) is 0 Å². The topological polar surface area (TPSA) is 18.5 Å². The molecule has 0 aromatic heterocycles. The van der Waals surface area contributed by atoms with Gasteiger partial charge in [-0.05, 0) is 0 Å². The molecule has 1 aromatic carbocycles. The Morgan fingerprint density at radius 2 is 1.83 bits per heavy atom. The van der Waals surface area contributed by atoms with Crippen molar-refractivity contribution in [1.82, 2.24) is 0 Å². The van der Waals surface area contributed by atoms with E-state index in [1.807, 2.05) is 0 Å². The van der Waals surface area contributed by atoms with E-state index in [1.54, 1.807) is 7.11 Å². The summed E-state index contributed by atoms with van der Waals surface area (Å²) in [6.07, 6.45) is 7.89. The van der Waals surface area contributed by atoms with Crippen molar-refractivity contribution in [2.75, 3.05) is 7.11 Å². The SMILES string of the molecule is COC1=[C]([Zr+2][CH]2C=Cc3ccccc32)CC=C1O[Si](C)(C)C.[Cl-].[Cl-]. The zero-order valence-electron chi connectivity index (χ0n) is 14.4. The van der Waals surface area contributed by atoms with Crippen molar-refractivity contribution in [2.45, 2.75) is 29.7 Å². The Kier molecular flexibility index (Phi) is 8.06. The largest absolute Gasteiger partial charge is 1.00 e. The number of halogens is 2. The second-order valence-electron chi connectivity index (χ2n) is 6.61. The Morgan fingerprint density at radius 3 is 2.50 bits per heavy atom. The molecule has 3 rings (SSSR count). The third-order valence-electron chi connectivity index (χ3n) is 3.74. The van der Waals surface area contributed by atoms with Gasteiger partial charge in [-0.3, -0.25) is 0 Å². The number of rotatable bonds is 5. The minimum Gasteiger partial charge on any atom is -1.00 e. The van der Waals surface area contributed by atoms with Crippen molar-refractivity contribution in [2.24, 2.45) is 0 Å². The van der Waals surface area contributed by atoms with Gasteiger partial charge < -0.3 is 24.8 Å². The Hall–Kier alpha value is -0.280. The molecule has 0 amide bonds. The normalized spacial score (nSPS) is 18.2. The van der Waals surface area contributed by atoms with Gasteiger partial charge in [-0.2, -0.15) is 0 Å². The summed E-state index contributed by atoms with van der Waals surface area (Å²) in [5.41, 5.74) is 2.88. The standard InChI is InChI=1S/C9H15O2Si.C9H7.2ClH.Zr/c1-10-8-6-5-7-9(8)11-12(2,3)4;1-2-5-9-7-3-6-8(9)4-1;;;/h7H,5H2,1-4H3;1-7H;2*1H;/q;;;;+2/p-2. The third kappa shape index (κ3) is 4.88. The van der Waals surface area contributed by atoms with Crippen LogP contribution < -0.4 is 24.8 Å². The fourth-order valence-corrected chi connectivity index (χ4v) is 7.53. The molecule has 2 nitrogen and oxygen atoms in total. The maximum Gasteiger partial charge on any atom is -1.00 e. The molecule has 6 heteroatoms. The number of fused-ring (bicyclic) bond motifs is 1. The van der Waals surface area contributed by atoms with Gasteiger partial charge in [-0.1, -0.05) is 0 Å². The summed E-state index contributed by atoms with van der Waals surface area (Å²) < 4.78 is 14.0. The van der Waals surface area contributed by atoms with Gasteiger partial charge in [0.15, 0.2) is 0 Å². The van der Waals surface area contributed by atoms with E-state index in [9.17, 15) is 0 Å². The fraction of sp³-hybridized carbons (Fsp3) is 0.333. The van der Waals surface area contributed by atoms with Gasteiger partial charge in [0.2, 0.25) is 0 Å². The van der Waals surface area contributed by atoms with E-state index in [-0.39, 0.29) is 24.8 Å². The van der Waals surface area contributed by atoms with Crippen LogP contribution in [0.25, 0.3) is 6.08 Å². The van der Waals surface area contributed by atoms with Crippen LogP contribution in [0.1, 0.15) is 21.2 Å². The molecule has 1 atom stereocenters. The predicted octanol–water partition coefficient (Wildman–Crippen LogP) is -1.16. The number of allylic oxidation sites excluding steroid dienone is 3. The van der Waals surface area contributed by atoms with Crippen molar-refractivity contribution < 1.29 is 57.2 Å². The van der Waals surface area contributed by atoms with Gasteiger partial charge in [0.1, 0.15) is 0 Å². The number of ether oxygens (including phenoxy) is 1. The van der Waals surface area contributed by atoms with Crippen molar-refractivity contribution in [3.63, 3.8) is 0 Å². The van der Waals surface area contributed by atoms with Crippen molar-refractivity contribution in [1.29, 1.82) is 0 Å². The van der Waals surface area contributed by atoms with Crippen LogP contribution in [0.2, 0.25) is 19.6 Å². The van der Waals surface area contributed by atoms with Crippen LogP contribution in [0.15, 0.2) is 51.2 Å². The maximum atomic E-state index is 6.19. The second-order valence-corrected chi connectivity index (χ2v) is 14.8. The van der Waals surface area contributed by atoms with E-state index in [4.69, 9.17) is 9.16 Å². The summed E-state index contributed by atoms with van der Waals surface area (Å²) in [4.78, 5) is 0. The maximum absolute atomic E-state index is 6.19. The van der Waals surface area contributed by atoms with E-state index in [2.05, 4.69) is 62.1 Å². The number of hydrogen-bond acceptors (Lipinski definition) is 2. The van der Waals surface area contributed by atoms with Crippen LogP contribution in [-0.4, -0.2) is 15.4 Å². The summed E-state index contributed by atoms with van der Waals surface area (Å²) in [6, 6.07) is 8.75. The van der Waals surface area contributed by atoms with Crippen LogP contribution in [0, 0.1) is 0 Å². The number of hydrogen-bond donors (Lipinski definition) is 0. The Balaban J connectivity index is 0.00000144. The minimum absolute atomic E-state index is 0. The van der Waals surface area contributed by atoms with Crippen molar-refractivity contribution in [3.8, 4) is 0 Å². The molecule has 1 unspecified atom stereocenters. The van der Waals surface area contributed by atoms with E-state index < -0.39 is 31.6 Å². The van der Waals surface area contributed by atoms with Crippen LogP contribution >= 0.6 is 0 Å². The molecule has 0 fully saturated rings.